The fourth-order valence-electron chi connectivity index (χ4n) is 0.950. The minimum Gasteiger partial charge on any atom is -0.205 e. The van der Waals surface area contributed by atoms with Crippen LogP contribution in [0, 0.1) is 18.6 Å². The number of thiophene rings is 2. The zero-order chi connectivity index (χ0) is 8.01. The van der Waals surface area contributed by atoms with Crippen LogP contribution in [0.15, 0.2) is 5.38 Å². The summed E-state index contributed by atoms with van der Waals surface area (Å²) in [5, 5.41) is 1.50. The topological polar surface area (TPSA) is 0 Å². The van der Waals surface area contributed by atoms with Crippen molar-refractivity contribution in [1.29, 1.82) is 0 Å². The second-order valence-corrected chi connectivity index (χ2v) is 4.58. The Morgan fingerprint density at radius 1 is 1.36 bits per heavy atom. The fourth-order valence-corrected chi connectivity index (χ4v) is 3.05. The van der Waals surface area contributed by atoms with Crippen molar-refractivity contribution in [3.63, 3.8) is 0 Å². The zero-order valence-electron chi connectivity index (χ0n) is 5.65. The molecular weight excluding hydrogens is 186 g/mol. The van der Waals surface area contributed by atoms with Crippen molar-refractivity contribution >= 4 is 32.1 Å². The van der Waals surface area contributed by atoms with Crippen molar-refractivity contribution in [3.8, 4) is 0 Å². The summed E-state index contributed by atoms with van der Waals surface area (Å²) in [7, 11) is 0. The second-order valence-electron chi connectivity index (χ2n) is 2.22. The van der Waals surface area contributed by atoms with Crippen LogP contribution in [0.3, 0.4) is 0 Å². The fraction of sp³-hybridized carbons (Fsp3) is 0.143. The van der Waals surface area contributed by atoms with E-state index in [9.17, 15) is 8.78 Å². The van der Waals surface area contributed by atoms with Gasteiger partial charge in [0.15, 0.2) is 0 Å². The van der Waals surface area contributed by atoms with Gasteiger partial charge in [-0.05, 0) is 6.92 Å². The standard InChI is InChI=1S/C7H4F2S2/c1-3-6(9)5-4(8)2-10-7(5)11-3/h2H,1H3. The molecule has 2 heterocycles. The first-order valence-corrected chi connectivity index (χ1v) is 4.71. The quantitative estimate of drug-likeness (QED) is 0.596. The molecule has 0 aromatic carbocycles. The Morgan fingerprint density at radius 2 is 2.09 bits per heavy atom. The zero-order valence-corrected chi connectivity index (χ0v) is 7.28. The highest BCUT2D eigenvalue weighted by Crippen LogP contribution is 2.35. The maximum atomic E-state index is 13.0. The van der Waals surface area contributed by atoms with Crippen molar-refractivity contribution in [3.05, 3.63) is 21.9 Å². The van der Waals surface area contributed by atoms with E-state index < -0.39 is 11.6 Å². The number of halogens is 2. The van der Waals surface area contributed by atoms with Crippen molar-refractivity contribution in [2.24, 2.45) is 0 Å². The minimum absolute atomic E-state index is 0.164. The monoisotopic (exact) mass is 190 g/mol. The Labute approximate surface area is 70.1 Å². The normalized spacial score (nSPS) is 11.2. The number of rotatable bonds is 0. The molecule has 11 heavy (non-hydrogen) atoms. The SMILES string of the molecule is Cc1sc2scc(F)c2c1F. The third kappa shape index (κ3) is 0.895. The van der Waals surface area contributed by atoms with Gasteiger partial charge in [-0.2, -0.15) is 0 Å². The highest BCUT2D eigenvalue weighted by molar-refractivity contribution is 7.37. The molecule has 58 valence electrons. The Balaban J connectivity index is 2.95. The first-order valence-electron chi connectivity index (χ1n) is 3.01. The van der Waals surface area contributed by atoms with Crippen LogP contribution in [-0.4, -0.2) is 0 Å². The van der Waals surface area contributed by atoms with E-state index >= 15 is 0 Å². The lowest BCUT2D eigenvalue weighted by Gasteiger charge is -1.81. The molecule has 0 N–H and O–H groups in total. The molecule has 0 saturated carbocycles. The largest absolute Gasteiger partial charge is 0.205 e. The minimum atomic E-state index is -0.438. The Hall–Kier alpha value is -0.480. The average Bonchev–Trinajstić information content (AvgIpc) is 2.41. The first kappa shape index (κ1) is 7.18. The molecule has 0 amide bonds. The van der Waals surface area contributed by atoms with Crippen LogP contribution in [-0.2, 0) is 0 Å². The smallest absolute Gasteiger partial charge is 0.148 e. The van der Waals surface area contributed by atoms with E-state index in [0.29, 0.717) is 4.88 Å². The van der Waals surface area contributed by atoms with Crippen LogP contribution in [0.5, 0.6) is 0 Å². The highest BCUT2D eigenvalue weighted by atomic mass is 32.2. The van der Waals surface area contributed by atoms with Crippen LogP contribution >= 0.6 is 22.7 Å². The summed E-state index contributed by atoms with van der Waals surface area (Å²) in [5.41, 5.74) is 0. The van der Waals surface area contributed by atoms with Crippen LogP contribution in [0.4, 0.5) is 8.78 Å². The molecule has 4 heteroatoms. The first-order chi connectivity index (χ1) is 5.20. The summed E-state index contributed by atoms with van der Waals surface area (Å²) in [6.07, 6.45) is 0. The van der Waals surface area contributed by atoms with Crippen molar-refractivity contribution in [2.45, 2.75) is 6.92 Å². The van der Waals surface area contributed by atoms with Crippen LogP contribution in [0.1, 0.15) is 4.88 Å². The van der Waals surface area contributed by atoms with E-state index in [4.69, 9.17) is 0 Å². The second kappa shape index (κ2) is 2.25. The van der Waals surface area contributed by atoms with E-state index in [2.05, 4.69) is 0 Å². The van der Waals surface area contributed by atoms with E-state index in [0.717, 1.165) is 4.01 Å². The van der Waals surface area contributed by atoms with E-state index in [1.54, 1.807) is 6.92 Å². The van der Waals surface area contributed by atoms with Gasteiger partial charge in [-0.3, -0.25) is 0 Å². The van der Waals surface area contributed by atoms with Crippen molar-refractivity contribution in [1.82, 2.24) is 0 Å². The molecule has 0 spiro atoms. The molecule has 0 nitrogen and oxygen atoms in total. The predicted molar refractivity (Wildman–Crippen MR) is 44.4 cm³/mol. The van der Waals surface area contributed by atoms with Gasteiger partial charge in [-0.15, -0.1) is 22.7 Å². The molecule has 2 aromatic heterocycles. The van der Waals surface area contributed by atoms with Gasteiger partial charge in [-0.1, -0.05) is 0 Å². The average molecular weight is 190 g/mol. The van der Waals surface area contributed by atoms with Gasteiger partial charge in [-0.25, -0.2) is 8.78 Å². The molecule has 0 radical (unpaired) electrons. The van der Waals surface area contributed by atoms with Gasteiger partial charge in [0.25, 0.3) is 0 Å². The van der Waals surface area contributed by atoms with E-state index in [1.807, 2.05) is 0 Å². The molecule has 0 saturated heterocycles. The number of hydrogen-bond acceptors (Lipinski definition) is 2. The third-order valence-corrected chi connectivity index (χ3v) is 3.64. The Morgan fingerprint density at radius 3 is 2.73 bits per heavy atom. The molecule has 0 aliphatic carbocycles. The number of aryl methyl sites for hydroxylation is 1. The lowest BCUT2D eigenvalue weighted by Crippen LogP contribution is -1.72. The summed E-state index contributed by atoms with van der Waals surface area (Å²) in [6.45, 7) is 1.66. The van der Waals surface area contributed by atoms with Crippen LogP contribution in [0.25, 0.3) is 9.40 Å². The predicted octanol–water partition coefficient (Wildman–Crippen LogP) is 3.55. The van der Waals surface area contributed by atoms with Gasteiger partial charge < -0.3 is 0 Å². The Kier molecular flexibility index (Phi) is 1.47. The summed E-state index contributed by atoms with van der Waals surface area (Å²) in [5.74, 6) is -0.837. The molecule has 0 unspecified atom stereocenters. The lowest BCUT2D eigenvalue weighted by atomic mass is 10.3. The van der Waals surface area contributed by atoms with Crippen molar-refractivity contribution in [2.75, 3.05) is 0 Å². The molecule has 0 fully saturated rings. The lowest BCUT2D eigenvalue weighted by molar-refractivity contribution is 0.610. The summed E-state index contributed by atoms with van der Waals surface area (Å²) < 4.78 is 26.6. The van der Waals surface area contributed by atoms with Gasteiger partial charge in [0.2, 0.25) is 0 Å². The van der Waals surface area contributed by atoms with Crippen molar-refractivity contribution < 1.29 is 8.78 Å². The molecule has 0 bridgehead atoms. The molecule has 0 atom stereocenters. The maximum Gasteiger partial charge on any atom is 0.148 e. The molecular formula is C7H4F2S2. The van der Waals surface area contributed by atoms with Crippen LogP contribution < -0.4 is 0 Å². The highest BCUT2D eigenvalue weighted by Gasteiger charge is 2.14. The third-order valence-electron chi connectivity index (χ3n) is 1.49. The Bertz CT molecular complexity index is 400. The number of hydrogen-bond donors (Lipinski definition) is 0. The summed E-state index contributed by atoms with van der Waals surface area (Å²) in [6, 6.07) is 0. The molecule has 2 rings (SSSR count). The summed E-state index contributed by atoms with van der Waals surface area (Å²) in [4.78, 5) is 0.561. The van der Waals surface area contributed by atoms with Gasteiger partial charge in [0.1, 0.15) is 11.6 Å². The van der Waals surface area contributed by atoms with E-state index in [1.165, 1.54) is 28.1 Å². The molecule has 2 aromatic rings. The summed E-state index contributed by atoms with van der Waals surface area (Å²) >= 11 is 2.56. The van der Waals surface area contributed by atoms with Gasteiger partial charge in [0, 0.05) is 10.3 Å². The molecule has 0 aliphatic rings. The van der Waals surface area contributed by atoms with Gasteiger partial charge in [0.05, 0.1) is 9.40 Å². The van der Waals surface area contributed by atoms with Crippen LogP contribution in [0.2, 0.25) is 0 Å². The molecule has 0 aliphatic heterocycles. The maximum absolute atomic E-state index is 13.0. The number of fused-ring (bicyclic) bond motifs is 1. The van der Waals surface area contributed by atoms with E-state index in [-0.39, 0.29) is 5.39 Å². The van der Waals surface area contributed by atoms with Gasteiger partial charge >= 0.3 is 0 Å².